The van der Waals surface area contributed by atoms with E-state index >= 15 is 0 Å². The van der Waals surface area contributed by atoms with Gasteiger partial charge < -0.3 is 19.9 Å². The van der Waals surface area contributed by atoms with E-state index in [4.69, 9.17) is 4.74 Å². The zero-order chi connectivity index (χ0) is 17.4. The molecule has 0 aliphatic carbocycles. The average molecular weight is 333 g/mol. The van der Waals surface area contributed by atoms with Gasteiger partial charge in [-0.25, -0.2) is 4.79 Å². The number of rotatable bonds is 6. The van der Waals surface area contributed by atoms with Crippen molar-refractivity contribution in [1.29, 1.82) is 0 Å². The smallest absolute Gasteiger partial charge is 0.410 e. The molecule has 1 aromatic carbocycles. The van der Waals surface area contributed by atoms with Crippen LogP contribution in [0.5, 0.6) is 0 Å². The van der Waals surface area contributed by atoms with Crippen molar-refractivity contribution >= 4 is 12.0 Å². The Hall–Kier alpha value is -2.08. The predicted octanol–water partition coefficient (Wildman–Crippen LogP) is 1.71. The van der Waals surface area contributed by atoms with Crippen LogP contribution >= 0.6 is 0 Å². The minimum Gasteiger partial charge on any atom is -0.445 e. The van der Waals surface area contributed by atoms with Crippen molar-refractivity contribution in [1.82, 2.24) is 15.1 Å². The van der Waals surface area contributed by atoms with Gasteiger partial charge in [0.25, 0.3) is 0 Å². The summed E-state index contributed by atoms with van der Waals surface area (Å²) in [6, 6.07) is 9.60. The van der Waals surface area contributed by atoms with Crippen LogP contribution in [0.3, 0.4) is 0 Å². The number of hydrogen-bond donors (Lipinski definition) is 1. The number of likely N-dealkylation sites (N-methyl/N-ethyl adjacent to an activating group) is 1. The minimum atomic E-state index is -0.343. The van der Waals surface area contributed by atoms with Crippen LogP contribution in [0.2, 0.25) is 0 Å². The van der Waals surface area contributed by atoms with E-state index in [0.29, 0.717) is 19.6 Å². The Bertz CT molecular complexity index is 534. The average Bonchev–Trinajstić information content (AvgIpc) is 2.60. The molecule has 1 heterocycles. The Morgan fingerprint density at radius 2 is 2.04 bits per heavy atom. The van der Waals surface area contributed by atoms with Gasteiger partial charge in [-0.05, 0) is 32.5 Å². The van der Waals surface area contributed by atoms with E-state index < -0.39 is 0 Å². The zero-order valence-electron chi connectivity index (χ0n) is 14.5. The molecule has 0 radical (unpaired) electrons. The summed E-state index contributed by atoms with van der Waals surface area (Å²) in [6.45, 7) is 2.77. The van der Waals surface area contributed by atoms with Crippen molar-refractivity contribution in [3.63, 3.8) is 0 Å². The summed E-state index contributed by atoms with van der Waals surface area (Å²) in [5.74, 6) is -0.123. The van der Waals surface area contributed by atoms with Gasteiger partial charge in [0.2, 0.25) is 5.91 Å². The summed E-state index contributed by atoms with van der Waals surface area (Å²) in [4.78, 5) is 28.1. The number of piperidine rings is 1. The highest BCUT2D eigenvalue weighted by Gasteiger charge is 2.29. The van der Waals surface area contributed by atoms with Crippen LogP contribution in [-0.4, -0.2) is 62.1 Å². The minimum absolute atomic E-state index is 0.0254. The first kappa shape index (κ1) is 18.3. The second-order valence-corrected chi connectivity index (χ2v) is 6.42. The molecular weight excluding hydrogens is 306 g/mol. The third-order valence-electron chi connectivity index (χ3n) is 4.11. The number of nitrogens with zero attached hydrogens (tertiary/aromatic N) is 2. The van der Waals surface area contributed by atoms with E-state index in [0.717, 1.165) is 24.9 Å². The van der Waals surface area contributed by atoms with Gasteiger partial charge in [0.15, 0.2) is 0 Å². The molecule has 1 fully saturated rings. The molecule has 0 bridgehead atoms. The third-order valence-corrected chi connectivity index (χ3v) is 4.11. The van der Waals surface area contributed by atoms with Crippen LogP contribution in [0.4, 0.5) is 4.79 Å². The Labute approximate surface area is 143 Å². The van der Waals surface area contributed by atoms with Crippen molar-refractivity contribution in [2.75, 3.05) is 40.3 Å². The van der Waals surface area contributed by atoms with Gasteiger partial charge in [0.1, 0.15) is 6.61 Å². The molecule has 0 aromatic heterocycles. The molecule has 2 rings (SSSR count). The lowest BCUT2D eigenvalue weighted by Gasteiger charge is -2.31. The van der Waals surface area contributed by atoms with E-state index in [1.54, 1.807) is 4.90 Å². The van der Waals surface area contributed by atoms with Gasteiger partial charge >= 0.3 is 6.09 Å². The van der Waals surface area contributed by atoms with Gasteiger partial charge in [-0.2, -0.15) is 0 Å². The van der Waals surface area contributed by atoms with Crippen molar-refractivity contribution in [3.8, 4) is 0 Å². The number of benzene rings is 1. The fraction of sp³-hybridized carbons (Fsp3) is 0.556. The van der Waals surface area contributed by atoms with Crippen molar-refractivity contribution in [2.45, 2.75) is 19.4 Å². The second kappa shape index (κ2) is 9.27. The van der Waals surface area contributed by atoms with Crippen molar-refractivity contribution < 1.29 is 14.3 Å². The number of carbonyl (C=O) groups is 2. The van der Waals surface area contributed by atoms with E-state index in [2.05, 4.69) is 5.32 Å². The monoisotopic (exact) mass is 333 g/mol. The lowest BCUT2D eigenvalue weighted by Crippen LogP contribution is -2.46. The summed E-state index contributed by atoms with van der Waals surface area (Å²) >= 11 is 0. The van der Waals surface area contributed by atoms with E-state index in [-0.39, 0.29) is 24.5 Å². The number of likely N-dealkylation sites (tertiary alicyclic amines) is 1. The highest BCUT2D eigenvalue weighted by atomic mass is 16.6. The Morgan fingerprint density at radius 3 is 2.75 bits per heavy atom. The number of nitrogens with one attached hydrogen (secondary N) is 1. The zero-order valence-corrected chi connectivity index (χ0v) is 14.5. The standard InChI is InChI=1S/C18H27N3O3/c1-20(2)12-10-19-17(22)16-9-6-11-21(13-16)18(23)24-14-15-7-4-3-5-8-15/h3-5,7-8,16H,6,9-14H2,1-2H3,(H,19,22). The molecule has 1 atom stereocenters. The number of ether oxygens (including phenoxy) is 1. The number of carbonyl (C=O) groups excluding carboxylic acids is 2. The van der Waals surface area contributed by atoms with Crippen LogP contribution in [0.15, 0.2) is 30.3 Å². The molecule has 1 aliphatic heterocycles. The first-order valence-corrected chi connectivity index (χ1v) is 8.44. The fourth-order valence-corrected chi connectivity index (χ4v) is 2.71. The molecule has 6 heteroatoms. The first-order valence-electron chi connectivity index (χ1n) is 8.44. The third kappa shape index (κ3) is 5.85. The highest BCUT2D eigenvalue weighted by molar-refractivity contribution is 5.80. The molecule has 1 N–H and O–H groups in total. The molecule has 1 aliphatic rings. The van der Waals surface area contributed by atoms with Crippen molar-refractivity contribution in [3.05, 3.63) is 35.9 Å². The Kier molecular flexibility index (Phi) is 7.06. The van der Waals surface area contributed by atoms with E-state index in [1.165, 1.54) is 0 Å². The predicted molar refractivity (Wildman–Crippen MR) is 92.5 cm³/mol. The van der Waals surface area contributed by atoms with Gasteiger partial charge in [-0.3, -0.25) is 4.79 Å². The maximum atomic E-state index is 12.2. The maximum absolute atomic E-state index is 12.2. The molecule has 1 saturated heterocycles. The lowest BCUT2D eigenvalue weighted by atomic mass is 9.97. The Balaban J connectivity index is 1.77. The fourth-order valence-electron chi connectivity index (χ4n) is 2.71. The van der Waals surface area contributed by atoms with Crippen molar-refractivity contribution in [2.24, 2.45) is 5.92 Å². The molecule has 6 nitrogen and oxygen atoms in total. The summed E-state index contributed by atoms with van der Waals surface area (Å²) in [5, 5.41) is 2.94. The SMILES string of the molecule is CN(C)CCNC(=O)C1CCCN(C(=O)OCc2ccccc2)C1. The summed E-state index contributed by atoms with van der Waals surface area (Å²) in [6.07, 6.45) is 1.30. The van der Waals surface area contributed by atoms with Gasteiger partial charge in [-0.1, -0.05) is 30.3 Å². The molecule has 0 saturated carbocycles. The van der Waals surface area contributed by atoms with Crippen LogP contribution < -0.4 is 5.32 Å². The first-order chi connectivity index (χ1) is 11.6. The summed E-state index contributed by atoms with van der Waals surface area (Å²) in [5.41, 5.74) is 0.959. The number of amides is 2. The molecule has 2 amide bonds. The maximum Gasteiger partial charge on any atom is 0.410 e. The second-order valence-electron chi connectivity index (χ2n) is 6.42. The highest BCUT2D eigenvalue weighted by Crippen LogP contribution is 2.18. The lowest BCUT2D eigenvalue weighted by molar-refractivity contribution is -0.126. The summed E-state index contributed by atoms with van der Waals surface area (Å²) < 4.78 is 5.36. The van der Waals surface area contributed by atoms with Crippen LogP contribution in [-0.2, 0) is 16.1 Å². The quantitative estimate of drug-likeness (QED) is 0.861. The van der Waals surface area contributed by atoms with Crippen LogP contribution in [0.1, 0.15) is 18.4 Å². The van der Waals surface area contributed by atoms with Gasteiger partial charge in [-0.15, -0.1) is 0 Å². The topological polar surface area (TPSA) is 61.9 Å². The van der Waals surface area contributed by atoms with Gasteiger partial charge in [0.05, 0.1) is 5.92 Å². The Morgan fingerprint density at radius 1 is 1.29 bits per heavy atom. The van der Waals surface area contributed by atoms with Crippen LogP contribution in [0.25, 0.3) is 0 Å². The van der Waals surface area contributed by atoms with Gasteiger partial charge in [0, 0.05) is 26.2 Å². The van der Waals surface area contributed by atoms with E-state index in [9.17, 15) is 9.59 Å². The normalized spacial score (nSPS) is 17.6. The number of hydrogen-bond acceptors (Lipinski definition) is 4. The molecule has 1 aromatic rings. The molecule has 0 spiro atoms. The molecule has 132 valence electrons. The molecule has 24 heavy (non-hydrogen) atoms. The molecule has 1 unspecified atom stereocenters. The van der Waals surface area contributed by atoms with E-state index in [1.807, 2.05) is 49.3 Å². The van der Waals surface area contributed by atoms with Crippen LogP contribution in [0, 0.1) is 5.92 Å². The molecular formula is C18H27N3O3. The largest absolute Gasteiger partial charge is 0.445 e. The summed E-state index contributed by atoms with van der Waals surface area (Å²) in [7, 11) is 3.94.